The predicted molar refractivity (Wildman–Crippen MR) is 39.9 cm³/mol. The van der Waals surface area contributed by atoms with Gasteiger partial charge in [-0.3, -0.25) is 0 Å². The average Bonchev–Trinajstić information content (AvgIpc) is 2.47. The van der Waals surface area contributed by atoms with Gasteiger partial charge in [-0.25, -0.2) is 4.98 Å². The fourth-order valence-corrected chi connectivity index (χ4v) is 1.05. The van der Waals surface area contributed by atoms with Crippen LogP contribution in [0, 0.1) is 11.3 Å². The van der Waals surface area contributed by atoms with Crippen molar-refractivity contribution in [2.24, 2.45) is 0 Å². The van der Waals surface area contributed by atoms with Gasteiger partial charge >= 0.3 is 0 Å². The third-order valence-corrected chi connectivity index (χ3v) is 1.59. The highest BCUT2D eigenvalue weighted by atomic mass is 14.9. The second kappa shape index (κ2) is 2.10. The van der Waals surface area contributed by atoms with Gasteiger partial charge in [0.15, 0.2) is 0 Å². The van der Waals surface area contributed by atoms with E-state index >= 15 is 0 Å². The first kappa shape index (κ1) is 5.93. The van der Waals surface area contributed by atoms with Crippen LogP contribution in [0.25, 0.3) is 5.52 Å². The van der Waals surface area contributed by atoms with E-state index in [2.05, 4.69) is 11.1 Å². The molecule has 0 aromatic carbocycles. The summed E-state index contributed by atoms with van der Waals surface area (Å²) in [6.07, 6.45) is 5.17. The highest BCUT2D eigenvalue weighted by molar-refractivity contribution is 5.60. The minimum atomic E-state index is 0.687. The summed E-state index contributed by atoms with van der Waals surface area (Å²) in [4.78, 5) is 3.91. The molecule has 2 rings (SSSR count). The molecule has 2 aromatic heterocycles. The number of fused-ring (bicyclic) bond motifs is 1. The first-order valence-corrected chi connectivity index (χ1v) is 3.22. The Balaban J connectivity index is 2.89. The molecule has 0 aliphatic heterocycles. The minimum Gasteiger partial charge on any atom is -0.306 e. The molecule has 2 aromatic rings. The summed E-state index contributed by atoms with van der Waals surface area (Å²) in [6.45, 7) is 0. The normalized spacial score (nSPS) is 9.73. The van der Waals surface area contributed by atoms with Crippen LogP contribution in [0.1, 0.15) is 5.56 Å². The van der Waals surface area contributed by atoms with E-state index in [0.29, 0.717) is 5.56 Å². The van der Waals surface area contributed by atoms with Gasteiger partial charge in [-0.05, 0) is 12.1 Å². The van der Waals surface area contributed by atoms with Crippen LogP contribution in [0.2, 0.25) is 0 Å². The van der Waals surface area contributed by atoms with E-state index in [4.69, 9.17) is 5.26 Å². The van der Waals surface area contributed by atoms with Gasteiger partial charge in [-0.1, -0.05) is 0 Å². The van der Waals surface area contributed by atoms with Crippen LogP contribution in [0.3, 0.4) is 0 Å². The molecule has 0 atom stereocenters. The fourth-order valence-electron chi connectivity index (χ4n) is 1.05. The maximum atomic E-state index is 8.64. The van der Waals surface area contributed by atoms with E-state index in [1.807, 2.05) is 16.7 Å². The lowest BCUT2D eigenvalue weighted by Crippen LogP contribution is -1.82. The van der Waals surface area contributed by atoms with Gasteiger partial charge < -0.3 is 4.40 Å². The molecule has 0 spiro atoms. The van der Waals surface area contributed by atoms with Crippen LogP contribution in [-0.2, 0) is 0 Å². The fraction of sp³-hybridized carbons (Fsp3) is 0. The van der Waals surface area contributed by atoms with Gasteiger partial charge in [0.2, 0.25) is 0 Å². The third-order valence-electron chi connectivity index (χ3n) is 1.59. The van der Waals surface area contributed by atoms with Crippen molar-refractivity contribution in [2.45, 2.75) is 0 Å². The molecule has 0 aliphatic rings. The zero-order valence-corrected chi connectivity index (χ0v) is 5.73. The molecule has 0 fully saturated rings. The lowest BCUT2D eigenvalue weighted by atomic mass is 10.3. The zero-order chi connectivity index (χ0) is 7.68. The Labute approximate surface area is 63.5 Å². The topological polar surface area (TPSA) is 41.1 Å². The van der Waals surface area contributed by atoms with Crippen molar-refractivity contribution >= 4 is 5.52 Å². The Hall–Kier alpha value is -1.82. The van der Waals surface area contributed by atoms with Crippen LogP contribution in [0.5, 0.6) is 0 Å². The Morgan fingerprint density at radius 2 is 2.36 bits per heavy atom. The maximum absolute atomic E-state index is 8.64. The summed E-state index contributed by atoms with van der Waals surface area (Å²) in [6, 6.07) is 5.69. The second-order valence-electron chi connectivity index (χ2n) is 2.21. The van der Waals surface area contributed by atoms with Gasteiger partial charge in [0, 0.05) is 12.4 Å². The molecule has 0 aliphatic carbocycles. The number of rotatable bonds is 0. The molecule has 3 nitrogen and oxygen atoms in total. The molecule has 0 unspecified atom stereocenters. The van der Waals surface area contributed by atoms with Gasteiger partial charge in [0.25, 0.3) is 0 Å². The Kier molecular flexibility index (Phi) is 1.13. The van der Waals surface area contributed by atoms with E-state index in [9.17, 15) is 0 Å². The Morgan fingerprint density at radius 3 is 3.18 bits per heavy atom. The van der Waals surface area contributed by atoms with E-state index in [0.717, 1.165) is 5.52 Å². The van der Waals surface area contributed by atoms with E-state index in [-0.39, 0.29) is 0 Å². The molecular formula is C8H5N3. The van der Waals surface area contributed by atoms with Gasteiger partial charge in [-0.15, -0.1) is 0 Å². The lowest BCUT2D eigenvalue weighted by molar-refractivity contribution is 1.09. The second-order valence-corrected chi connectivity index (χ2v) is 2.21. The van der Waals surface area contributed by atoms with E-state index in [1.54, 1.807) is 18.6 Å². The van der Waals surface area contributed by atoms with Crippen molar-refractivity contribution in [3.05, 3.63) is 36.4 Å². The summed E-state index contributed by atoms with van der Waals surface area (Å²) < 4.78 is 1.82. The predicted octanol–water partition coefficient (Wildman–Crippen LogP) is 1.21. The summed E-state index contributed by atoms with van der Waals surface area (Å²) >= 11 is 0. The minimum absolute atomic E-state index is 0.687. The monoisotopic (exact) mass is 143 g/mol. The third kappa shape index (κ3) is 0.767. The molecule has 11 heavy (non-hydrogen) atoms. The number of hydrogen-bond acceptors (Lipinski definition) is 2. The summed E-state index contributed by atoms with van der Waals surface area (Å²) in [7, 11) is 0. The van der Waals surface area contributed by atoms with E-state index in [1.165, 1.54) is 0 Å². The molecule has 52 valence electrons. The van der Waals surface area contributed by atoms with Crippen molar-refractivity contribution in [2.75, 3.05) is 0 Å². The quantitative estimate of drug-likeness (QED) is 0.556. The first-order chi connectivity index (χ1) is 5.42. The molecule has 0 radical (unpaired) electrons. The van der Waals surface area contributed by atoms with Crippen molar-refractivity contribution in [1.29, 1.82) is 5.26 Å². The molecule has 0 saturated heterocycles. The van der Waals surface area contributed by atoms with Gasteiger partial charge in [0.1, 0.15) is 6.07 Å². The van der Waals surface area contributed by atoms with E-state index < -0.39 is 0 Å². The van der Waals surface area contributed by atoms with Crippen LogP contribution in [0.4, 0.5) is 0 Å². The molecule has 0 saturated carbocycles. The van der Waals surface area contributed by atoms with Crippen molar-refractivity contribution < 1.29 is 0 Å². The standard InChI is InChI=1S/C8H5N3/c9-5-7-2-4-11-6-10-3-1-8(7)11/h1-4,6H. The van der Waals surface area contributed by atoms with Crippen molar-refractivity contribution in [3.8, 4) is 6.07 Å². The summed E-state index contributed by atoms with van der Waals surface area (Å²) in [5.41, 5.74) is 1.59. The smallest absolute Gasteiger partial charge is 0.101 e. The molecule has 0 N–H and O–H groups in total. The Bertz CT molecular complexity index is 422. The highest BCUT2D eigenvalue weighted by Crippen LogP contribution is 2.08. The van der Waals surface area contributed by atoms with Crippen LogP contribution >= 0.6 is 0 Å². The average molecular weight is 143 g/mol. The molecule has 2 heterocycles. The number of aromatic nitrogens is 2. The summed E-state index contributed by atoms with van der Waals surface area (Å²) in [5.74, 6) is 0. The van der Waals surface area contributed by atoms with Gasteiger partial charge in [0.05, 0.1) is 17.4 Å². The summed E-state index contributed by atoms with van der Waals surface area (Å²) in [5, 5.41) is 8.64. The zero-order valence-electron chi connectivity index (χ0n) is 5.73. The number of nitrogens with zero attached hydrogens (tertiary/aromatic N) is 3. The molecular weight excluding hydrogens is 138 g/mol. The highest BCUT2D eigenvalue weighted by Gasteiger charge is 1.97. The SMILES string of the molecule is N#Cc1ccn2cnccc12. The lowest BCUT2D eigenvalue weighted by Gasteiger charge is -1.89. The first-order valence-electron chi connectivity index (χ1n) is 3.22. The van der Waals surface area contributed by atoms with Gasteiger partial charge in [-0.2, -0.15) is 5.26 Å². The maximum Gasteiger partial charge on any atom is 0.101 e. The van der Waals surface area contributed by atoms with Crippen LogP contribution < -0.4 is 0 Å². The number of nitriles is 1. The van der Waals surface area contributed by atoms with Crippen LogP contribution in [-0.4, -0.2) is 9.38 Å². The van der Waals surface area contributed by atoms with Crippen molar-refractivity contribution in [1.82, 2.24) is 9.38 Å². The van der Waals surface area contributed by atoms with Crippen molar-refractivity contribution in [3.63, 3.8) is 0 Å². The molecule has 0 amide bonds. The number of hydrogen-bond donors (Lipinski definition) is 0. The molecule has 3 heteroatoms. The Morgan fingerprint density at radius 1 is 1.45 bits per heavy atom. The molecule has 0 bridgehead atoms. The van der Waals surface area contributed by atoms with Crippen LogP contribution in [0.15, 0.2) is 30.9 Å². The largest absolute Gasteiger partial charge is 0.306 e.